The Balaban J connectivity index is 2.42. The number of aliphatic hydroxyl groups excluding tert-OH is 1. The average Bonchev–Trinajstić information content (AvgIpc) is 2.61. The van der Waals surface area contributed by atoms with Gasteiger partial charge in [0.15, 0.2) is 10.6 Å². The molecule has 0 radical (unpaired) electrons. The van der Waals surface area contributed by atoms with Gasteiger partial charge in [-0.05, 0) is 32.0 Å². The fraction of sp³-hybridized carbons (Fsp3) is 0.778. The summed E-state index contributed by atoms with van der Waals surface area (Å²) in [6.07, 6.45) is 1.79. The van der Waals surface area contributed by atoms with E-state index in [1.807, 2.05) is 4.57 Å². The number of hydrogen-bond donors (Lipinski definition) is 2. The van der Waals surface area contributed by atoms with E-state index in [1.165, 1.54) is 0 Å². The van der Waals surface area contributed by atoms with Crippen molar-refractivity contribution in [1.29, 1.82) is 0 Å². The van der Waals surface area contributed by atoms with Gasteiger partial charge < -0.3 is 9.84 Å². The molecule has 0 atom stereocenters. The maximum absolute atomic E-state index is 9.20. The fourth-order valence-corrected chi connectivity index (χ4v) is 2.40. The minimum absolute atomic E-state index is 0.0829. The van der Waals surface area contributed by atoms with Crippen molar-refractivity contribution in [2.75, 3.05) is 13.2 Å². The van der Waals surface area contributed by atoms with Gasteiger partial charge in [0.05, 0.1) is 5.54 Å². The Labute approximate surface area is 93.1 Å². The van der Waals surface area contributed by atoms with Gasteiger partial charge in [-0.25, -0.2) is 0 Å². The van der Waals surface area contributed by atoms with Crippen molar-refractivity contribution in [3.05, 3.63) is 10.6 Å². The van der Waals surface area contributed by atoms with Crippen LogP contribution in [0.4, 0.5) is 0 Å². The van der Waals surface area contributed by atoms with Crippen molar-refractivity contribution in [3.8, 4) is 0 Å². The standard InChI is InChI=1S/C9H15N3O2S/c1-9(2-4-14-5-3-9)12-7(6-13)10-11-8(12)15/h13H,2-6H2,1H3,(H,11,15). The van der Waals surface area contributed by atoms with Crippen LogP contribution in [0.1, 0.15) is 25.6 Å². The number of aliphatic hydroxyl groups is 1. The van der Waals surface area contributed by atoms with Crippen molar-refractivity contribution >= 4 is 12.2 Å². The lowest BCUT2D eigenvalue weighted by atomic mass is 9.92. The van der Waals surface area contributed by atoms with E-state index in [4.69, 9.17) is 17.0 Å². The van der Waals surface area contributed by atoms with Gasteiger partial charge in [0.1, 0.15) is 6.61 Å². The van der Waals surface area contributed by atoms with Gasteiger partial charge in [0, 0.05) is 13.2 Å². The molecule has 1 aliphatic rings. The number of ether oxygens (including phenoxy) is 1. The summed E-state index contributed by atoms with van der Waals surface area (Å²) in [6.45, 7) is 3.49. The summed E-state index contributed by atoms with van der Waals surface area (Å²) >= 11 is 5.18. The first-order chi connectivity index (χ1) is 7.17. The third kappa shape index (κ3) is 1.84. The van der Waals surface area contributed by atoms with E-state index in [0.29, 0.717) is 10.6 Å². The molecule has 1 saturated heterocycles. The predicted octanol–water partition coefficient (Wildman–Crippen LogP) is 0.959. The molecular weight excluding hydrogens is 214 g/mol. The van der Waals surface area contributed by atoms with Crippen molar-refractivity contribution in [2.24, 2.45) is 0 Å². The van der Waals surface area contributed by atoms with Crippen molar-refractivity contribution < 1.29 is 9.84 Å². The first kappa shape index (κ1) is 10.8. The molecule has 5 nitrogen and oxygen atoms in total. The Hall–Kier alpha value is -0.720. The van der Waals surface area contributed by atoms with Crippen LogP contribution in [-0.4, -0.2) is 33.1 Å². The van der Waals surface area contributed by atoms with Gasteiger partial charge in [-0.15, -0.1) is 0 Å². The molecule has 2 rings (SSSR count). The van der Waals surface area contributed by atoms with Crippen LogP contribution in [0.15, 0.2) is 0 Å². The first-order valence-corrected chi connectivity index (χ1v) is 5.43. The Morgan fingerprint density at radius 2 is 2.27 bits per heavy atom. The minimum Gasteiger partial charge on any atom is -0.388 e. The quantitative estimate of drug-likeness (QED) is 0.741. The third-order valence-electron chi connectivity index (χ3n) is 2.99. The highest BCUT2D eigenvalue weighted by Gasteiger charge is 2.31. The van der Waals surface area contributed by atoms with E-state index in [0.717, 1.165) is 26.1 Å². The van der Waals surface area contributed by atoms with Crippen LogP contribution >= 0.6 is 12.2 Å². The topological polar surface area (TPSA) is 63.1 Å². The molecule has 0 aliphatic carbocycles. The molecule has 1 aliphatic heterocycles. The summed E-state index contributed by atoms with van der Waals surface area (Å²) < 4.78 is 7.83. The van der Waals surface area contributed by atoms with Crippen molar-refractivity contribution in [1.82, 2.24) is 14.8 Å². The van der Waals surface area contributed by atoms with Crippen LogP contribution in [-0.2, 0) is 16.9 Å². The van der Waals surface area contributed by atoms with E-state index in [2.05, 4.69) is 17.1 Å². The number of aromatic amines is 1. The zero-order valence-electron chi connectivity index (χ0n) is 8.69. The lowest BCUT2D eigenvalue weighted by molar-refractivity contribution is 0.0260. The smallest absolute Gasteiger partial charge is 0.195 e. The van der Waals surface area contributed by atoms with Crippen LogP contribution < -0.4 is 0 Å². The molecule has 0 aromatic carbocycles. The molecular formula is C9H15N3O2S. The second kappa shape index (κ2) is 4.03. The third-order valence-corrected chi connectivity index (χ3v) is 3.27. The van der Waals surface area contributed by atoms with Crippen molar-refractivity contribution in [3.63, 3.8) is 0 Å². The number of H-pyrrole nitrogens is 1. The SMILES string of the molecule is CC1(n2c(CO)n[nH]c2=S)CCOCC1. The summed E-state index contributed by atoms with van der Waals surface area (Å²) in [5.41, 5.74) is -0.0829. The van der Waals surface area contributed by atoms with Gasteiger partial charge in [0.2, 0.25) is 0 Å². The largest absolute Gasteiger partial charge is 0.388 e. The lowest BCUT2D eigenvalue weighted by Crippen LogP contribution is -2.38. The van der Waals surface area contributed by atoms with Crippen LogP contribution in [0.3, 0.4) is 0 Å². The molecule has 1 aromatic rings. The molecule has 15 heavy (non-hydrogen) atoms. The Bertz CT molecular complexity index is 392. The van der Waals surface area contributed by atoms with Crippen LogP contribution in [0.25, 0.3) is 0 Å². The van der Waals surface area contributed by atoms with E-state index in [9.17, 15) is 5.11 Å². The maximum Gasteiger partial charge on any atom is 0.195 e. The van der Waals surface area contributed by atoms with Crippen LogP contribution in [0, 0.1) is 4.77 Å². The zero-order chi connectivity index (χ0) is 10.9. The number of aromatic nitrogens is 3. The summed E-state index contributed by atoms with van der Waals surface area (Å²) in [5, 5.41) is 15.9. The summed E-state index contributed by atoms with van der Waals surface area (Å²) in [5.74, 6) is 0.601. The van der Waals surface area contributed by atoms with E-state index in [-0.39, 0.29) is 12.1 Å². The summed E-state index contributed by atoms with van der Waals surface area (Å²) in [4.78, 5) is 0. The highest BCUT2D eigenvalue weighted by molar-refractivity contribution is 7.71. The van der Waals surface area contributed by atoms with Crippen molar-refractivity contribution in [2.45, 2.75) is 31.9 Å². The van der Waals surface area contributed by atoms with Gasteiger partial charge in [-0.1, -0.05) is 0 Å². The number of hydrogen-bond acceptors (Lipinski definition) is 4. The molecule has 84 valence electrons. The van der Waals surface area contributed by atoms with Gasteiger partial charge in [0.25, 0.3) is 0 Å². The van der Waals surface area contributed by atoms with Crippen LogP contribution in [0.2, 0.25) is 0 Å². The molecule has 0 amide bonds. The van der Waals surface area contributed by atoms with E-state index >= 15 is 0 Å². The summed E-state index contributed by atoms with van der Waals surface area (Å²) in [6, 6.07) is 0. The highest BCUT2D eigenvalue weighted by atomic mass is 32.1. The normalized spacial score (nSPS) is 20.4. The summed E-state index contributed by atoms with van der Waals surface area (Å²) in [7, 11) is 0. The average molecular weight is 229 g/mol. The van der Waals surface area contributed by atoms with Gasteiger partial charge >= 0.3 is 0 Å². The molecule has 0 spiro atoms. The second-order valence-electron chi connectivity index (χ2n) is 4.05. The molecule has 2 N–H and O–H groups in total. The molecule has 0 unspecified atom stereocenters. The van der Waals surface area contributed by atoms with E-state index < -0.39 is 0 Å². The fourth-order valence-electron chi connectivity index (χ4n) is 2.03. The van der Waals surface area contributed by atoms with Crippen LogP contribution in [0.5, 0.6) is 0 Å². The molecule has 0 saturated carbocycles. The second-order valence-corrected chi connectivity index (χ2v) is 4.43. The van der Waals surface area contributed by atoms with Gasteiger partial charge in [-0.2, -0.15) is 5.10 Å². The first-order valence-electron chi connectivity index (χ1n) is 5.03. The molecule has 2 heterocycles. The predicted molar refractivity (Wildman–Crippen MR) is 57.0 cm³/mol. The number of nitrogens with one attached hydrogen (secondary N) is 1. The molecule has 0 bridgehead atoms. The highest BCUT2D eigenvalue weighted by Crippen LogP contribution is 2.29. The van der Waals surface area contributed by atoms with E-state index in [1.54, 1.807) is 0 Å². The Kier molecular flexibility index (Phi) is 2.90. The molecule has 1 fully saturated rings. The molecule has 6 heteroatoms. The number of nitrogens with zero attached hydrogens (tertiary/aromatic N) is 2. The molecule has 1 aromatic heterocycles. The Morgan fingerprint density at radius 3 is 2.87 bits per heavy atom. The Morgan fingerprint density at radius 1 is 1.60 bits per heavy atom. The maximum atomic E-state index is 9.20. The minimum atomic E-state index is -0.0937. The zero-order valence-corrected chi connectivity index (χ0v) is 9.51. The van der Waals surface area contributed by atoms with Gasteiger partial charge in [-0.3, -0.25) is 9.67 Å². The number of rotatable bonds is 2. The monoisotopic (exact) mass is 229 g/mol. The lowest BCUT2D eigenvalue weighted by Gasteiger charge is -2.35.